The molecule has 1 aromatic rings. The van der Waals surface area contributed by atoms with Gasteiger partial charge in [0.15, 0.2) is 5.96 Å². The van der Waals surface area contributed by atoms with Gasteiger partial charge in [-0.25, -0.2) is 0 Å². The van der Waals surface area contributed by atoms with E-state index in [0.717, 1.165) is 31.1 Å². The van der Waals surface area contributed by atoms with Crippen LogP contribution in [0.5, 0.6) is 0 Å². The van der Waals surface area contributed by atoms with Crippen molar-refractivity contribution in [1.29, 1.82) is 0 Å². The summed E-state index contributed by atoms with van der Waals surface area (Å²) >= 11 is 0. The summed E-state index contributed by atoms with van der Waals surface area (Å²) in [5, 5.41) is 9.75. The van der Waals surface area contributed by atoms with Gasteiger partial charge in [0.2, 0.25) is 5.91 Å². The number of hydrogen-bond donors (Lipinski definition) is 3. The minimum absolute atomic E-state index is 0.0103. The first kappa shape index (κ1) is 18.4. The second-order valence-corrected chi connectivity index (χ2v) is 6.30. The predicted molar refractivity (Wildman–Crippen MR) is 96.0 cm³/mol. The molecule has 1 saturated carbocycles. The maximum absolute atomic E-state index is 10.9. The first-order valence-corrected chi connectivity index (χ1v) is 9.05. The van der Waals surface area contributed by atoms with Gasteiger partial charge in [-0.05, 0) is 31.4 Å². The Morgan fingerprint density at radius 1 is 1.25 bits per heavy atom. The molecule has 6 nitrogen and oxygen atoms in total. The summed E-state index contributed by atoms with van der Waals surface area (Å²) in [7, 11) is 0. The molecule has 1 aliphatic rings. The highest BCUT2D eigenvalue weighted by atomic mass is 16.3. The lowest BCUT2D eigenvalue weighted by Crippen LogP contribution is -2.45. The Balaban J connectivity index is 1.76. The lowest BCUT2D eigenvalue weighted by atomic mass is 9.96. The van der Waals surface area contributed by atoms with Crippen LogP contribution in [-0.4, -0.2) is 37.5 Å². The third kappa shape index (κ3) is 7.53. The number of aliphatic imine (C=N–C) groups is 1. The molecule has 1 aromatic heterocycles. The van der Waals surface area contributed by atoms with Gasteiger partial charge in [0, 0.05) is 39.0 Å². The number of hydrogen-bond acceptors (Lipinski definition) is 3. The highest BCUT2D eigenvalue weighted by Crippen LogP contribution is 2.17. The fourth-order valence-electron chi connectivity index (χ4n) is 2.89. The zero-order valence-electron chi connectivity index (χ0n) is 14.6. The highest BCUT2D eigenvalue weighted by Gasteiger charge is 2.14. The number of carbonyl (C=O) groups excluding carboxylic acids is 1. The first-order chi connectivity index (χ1) is 11.7. The summed E-state index contributed by atoms with van der Waals surface area (Å²) < 4.78 is 5.36. The molecule has 3 N–H and O–H groups in total. The predicted octanol–water partition coefficient (Wildman–Crippen LogP) is 2.22. The standard InChI is InChI=1S/C18H30N4O2/c1-15(23)19-11-6-12-20-18(22-16-7-3-2-4-8-16)21-13-10-17-9-5-14-24-17/h5,9,14,16H,2-4,6-8,10-13H2,1H3,(H,19,23)(H2,20,21,22). The molecule has 1 aliphatic carbocycles. The summed E-state index contributed by atoms with van der Waals surface area (Å²) in [6.07, 6.45) is 9.73. The highest BCUT2D eigenvalue weighted by molar-refractivity contribution is 5.80. The molecule has 0 aliphatic heterocycles. The quantitative estimate of drug-likeness (QED) is 0.387. The lowest BCUT2D eigenvalue weighted by molar-refractivity contribution is -0.118. The Kier molecular flexibility index (Phi) is 8.21. The van der Waals surface area contributed by atoms with Gasteiger partial charge < -0.3 is 20.4 Å². The molecule has 0 radical (unpaired) electrons. The zero-order chi connectivity index (χ0) is 17.0. The van der Waals surface area contributed by atoms with E-state index in [1.165, 1.54) is 39.0 Å². The number of nitrogens with zero attached hydrogens (tertiary/aromatic N) is 1. The lowest BCUT2D eigenvalue weighted by Gasteiger charge is -2.25. The minimum Gasteiger partial charge on any atom is -0.469 e. The van der Waals surface area contributed by atoms with Crippen molar-refractivity contribution in [3.05, 3.63) is 24.2 Å². The smallest absolute Gasteiger partial charge is 0.216 e. The van der Waals surface area contributed by atoms with Crippen molar-refractivity contribution in [2.24, 2.45) is 4.99 Å². The normalized spacial score (nSPS) is 16.0. The molecule has 134 valence electrons. The molecule has 6 heteroatoms. The van der Waals surface area contributed by atoms with Gasteiger partial charge in [-0.3, -0.25) is 9.79 Å². The van der Waals surface area contributed by atoms with E-state index in [1.807, 2.05) is 12.1 Å². The molecule has 1 fully saturated rings. The third-order valence-electron chi connectivity index (χ3n) is 4.17. The second kappa shape index (κ2) is 10.7. The fraction of sp³-hybridized carbons (Fsp3) is 0.667. The molecule has 1 amide bonds. The largest absolute Gasteiger partial charge is 0.469 e. The van der Waals surface area contributed by atoms with E-state index in [9.17, 15) is 4.79 Å². The summed E-state index contributed by atoms with van der Waals surface area (Å²) in [6.45, 7) is 3.69. The summed E-state index contributed by atoms with van der Waals surface area (Å²) in [4.78, 5) is 15.5. The van der Waals surface area contributed by atoms with Gasteiger partial charge in [-0.15, -0.1) is 0 Å². The maximum atomic E-state index is 10.9. The van der Waals surface area contributed by atoms with Crippen LogP contribution >= 0.6 is 0 Å². The molecule has 0 spiro atoms. The van der Waals surface area contributed by atoms with E-state index in [-0.39, 0.29) is 5.91 Å². The van der Waals surface area contributed by atoms with Crippen LogP contribution in [0, 0.1) is 0 Å². The van der Waals surface area contributed by atoms with E-state index < -0.39 is 0 Å². The van der Waals surface area contributed by atoms with E-state index in [2.05, 4.69) is 20.9 Å². The van der Waals surface area contributed by atoms with Crippen molar-refractivity contribution in [2.75, 3.05) is 19.6 Å². The summed E-state index contributed by atoms with van der Waals surface area (Å²) in [5.41, 5.74) is 0. The summed E-state index contributed by atoms with van der Waals surface area (Å²) in [5.74, 6) is 1.86. The van der Waals surface area contributed by atoms with Gasteiger partial charge in [0.1, 0.15) is 5.76 Å². The van der Waals surface area contributed by atoms with Gasteiger partial charge in [-0.2, -0.15) is 0 Å². The molecule has 24 heavy (non-hydrogen) atoms. The topological polar surface area (TPSA) is 78.7 Å². The Morgan fingerprint density at radius 3 is 2.79 bits per heavy atom. The van der Waals surface area contributed by atoms with Gasteiger partial charge >= 0.3 is 0 Å². The van der Waals surface area contributed by atoms with Gasteiger partial charge in [-0.1, -0.05) is 19.3 Å². The van der Waals surface area contributed by atoms with Gasteiger partial charge in [0.05, 0.1) is 6.26 Å². The molecular formula is C18H30N4O2. The Bertz CT molecular complexity index is 493. The van der Waals surface area contributed by atoms with Crippen molar-refractivity contribution >= 4 is 11.9 Å². The van der Waals surface area contributed by atoms with Crippen molar-refractivity contribution < 1.29 is 9.21 Å². The molecule has 0 atom stereocenters. The van der Waals surface area contributed by atoms with E-state index in [0.29, 0.717) is 19.1 Å². The number of amides is 1. The van der Waals surface area contributed by atoms with Crippen molar-refractivity contribution in [1.82, 2.24) is 16.0 Å². The number of nitrogens with one attached hydrogen (secondary N) is 3. The van der Waals surface area contributed by atoms with Crippen molar-refractivity contribution in [2.45, 2.75) is 57.9 Å². The summed E-state index contributed by atoms with van der Waals surface area (Å²) in [6, 6.07) is 4.41. The Hall–Kier alpha value is -1.98. The third-order valence-corrected chi connectivity index (χ3v) is 4.17. The van der Waals surface area contributed by atoms with Crippen LogP contribution in [0.2, 0.25) is 0 Å². The monoisotopic (exact) mass is 334 g/mol. The van der Waals surface area contributed by atoms with Crippen LogP contribution in [0.3, 0.4) is 0 Å². The number of furan rings is 1. The van der Waals surface area contributed by atoms with E-state index in [4.69, 9.17) is 4.42 Å². The van der Waals surface area contributed by atoms with Crippen molar-refractivity contribution in [3.8, 4) is 0 Å². The zero-order valence-corrected chi connectivity index (χ0v) is 14.6. The Morgan fingerprint density at radius 2 is 2.08 bits per heavy atom. The number of guanidine groups is 1. The van der Waals surface area contributed by atoms with Crippen LogP contribution in [0.25, 0.3) is 0 Å². The molecule has 0 bridgehead atoms. The molecular weight excluding hydrogens is 304 g/mol. The minimum atomic E-state index is 0.0103. The molecule has 2 rings (SSSR count). The van der Waals surface area contributed by atoms with Crippen LogP contribution in [0.4, 0.5) is 0 Å². The number of carbonyl (C=O) groups is 1. The van der Waals surface area contributed by atoms with Gasteiger partial charge in [0.25, 0.3) is 0 Å². The molecule has 0 unspecified atom stereocenters. The fourth-order valence-corrected chi connectivity index (χ4v) is 2.89. The maximum Gasteiger partial charge on any atom is 0.216 e. The first-order valence-electron chi connectivity index (χ1n) is 9.05. The van der Waals surface area contributed by atoms with E-state index in [1.54, 1.807) is 6.26 Å². The second-order valence-electron chi connectivity index (χ2n) is 6.30. The van der Waals surface area contributed by atoms with Crippen LogP contribution in [0.15, 0.2) is 27.8 Å². The van der Waals surface area contributed by atoms with Crippen molar-refractivity contribution in [3.63, 3.8) is 0 Å². The molecule has 0 aromatic carbocycles. The van der Waals surface area contributed by atoms with Crippen LogP contribution in [-0.2, 0) is 11.2 Å². The van der Waals surface area contributed by atoms with Crippen LogP contribution in [0.1, 0.15) is 51.2 Å². The Labute approximate surface area is 144 Å². The average Bonchev–Trinajstić information content (AvgIpc) is 3.08. The van der Waals surface area contributed by atoms with E-state index >= 15 is 0 Å². The molecule has 1 heterocycles. The van der Waals surface area contributed by atoms with Crippen LogP contribution < -0.4 is 16.0 Å². The SMILES string of the molecule is CC(=O)NCCCN=C(NCCc1ccco1)NC1CCCCC1. The average molecular weight is 334 g/mol. The molecule has 0 saturated heterocycles. The number of rotatable bonds is 8.